The topological polar surface area (TPSA) is 76.9 Å². The Kier molecular flexibility index (Phi) is 5.21. The third-order valence-corrected chi connectivity index (χ3v) is 6.67. The van der Waals surface area contributed by atoms with E-state index in [0.717, 1.165) is 21.8 Å². The number of imidazole rings is 1. The van der Waals surface area contributed by atoms with Gasteiger partial charge in [0.15, 0.2) is 5.03 Å². The number of aromatic nitrogens is 3. The molecule has 4 rings (SSSR count). The zero-order valence-electron chi connectivity index (χ0n) is 16.0. The summed E-state index contributed by atoms with van der Waals surface area (Å²) in [6.07, 6.45) is 1.55. The molecule has 2 aromatic carbocycles. The van der Waals surface area contributed by atoms with Crippen LogP contribution in [0.25, 0.3) is 21.8 Å². The van der Waals surface area contributed by atoms with Gasteiger partial charge in [0.05, 0.1) is 5.69 Å². The Morgan fingerprint density at radius 2 is 1.72 bits per heavy atom. The molecule has 2 heterocycles. The highest BCUT2D eigenvalue weighted by molar-refractivity contribution is 7.92. The van der Waals surface area contributed by atoms with E-state index < -0.39 is 10.0 Å². The second kappa shape index (κ2) is 7.81. The first-order valence-electron chi connectivity index (χ1n) is 9.14. The highest BCUT2D eigenvalue weighted by Gasteiger charge is 2.19. The van der Waals surface area contributed by atoms with Crippen molar-refractivity contribution in [3.05, 3.63) is 72.0 Å². The summed E-state index contributed by atoms with van der Waals surface area (Å²) in [6.45, 7) is 4.40. The number of sulfonamides is 1. The van der Waals surface area contributed by atoms with E-state index in [0.29, 0.717) is 18.1 Å². The molecule has 8 heteroatoms. The van der Waals surface area contributed by atoms with E-state index in [1.165, 1.54) is 0 Å². The lowest BCUT2D eigenvalue weighted by molar-refractivity contribution is 0.598. The summed E-state index contributed by atoms with van der Waals surface area (Å²) in [5.74, 6) is 0.668. The van der Waals surface area contributed by atoms with Crippen LogP contribution in [0.2, 0.25) is 0 Å². The fourth-order valence-corrected chi connectivity index (χ4v) is 4.87. The monoisotopic (exact) mass is 424 g/mol. The number of nitrogens with one attached hydrogen (secondary N) is 1. The predicted octanol–water partition coefficient (Wildman–Crippen LogP) is 4.80. The quantitative estimate of drug-likeness (QED) is 0.482. The molecule has 148 valence electrons. The van der Waals surface area contributed by atoms with Gasteiger partial charge in [-0.3, -0.25) is 4.72 Å². The number of thiazole rings is 1. The molecule has 2 aromatic heterocycles. The van der Waals surface area contributed by atoms with Crippen molar-refractivity contribution in [2.24, 2.45) is 0 Å². The van der Waals surface area contributed by atoms with Crippen molar-refractivity contribution >= 4 is 27.0 Å². The lowest BCUT2D eigenvalue weighted by Gasteiger charge is -2.06. The SMILES string of the molecule is CCn1cc(S(=O)(=O)Nc2ccc(-c3csc(-c4ccccc4)n3)cc2)nc1C. The largest absolute Gasteiger partial charge is 0.334 e. The molecule has 0 aliphatic rings. The molecule has 0 unspecified atom stereocenters. The normalized spacial score (nSPS) is 11.5. The third-order valence-electron chi connectivity index (χ3n) is 4.53. The van der Waals surface area contributed by atoms with Gasteiger partial charge in [-0.1, -0.05) is 42.5 Å². The maximum absolute atomic E-state index is 12.6. The number of aryl methyl sites for hydroxylation is 2. The summed E-state index contributed by atoms with van der Waals surface area (Å²) in [5.41, 5.74) is 3.35. The molecule has 0 amide bonds. The first-order valence-corrected chi connectivity index (χ1v) is 11.5. The minimum atomic E-state index is -3.73. The number of hydrogen-bond acceptors (Lipinski definition) is 5. The van der Waals surface area contributed by atoms with Gasteiger partial charge in [0, 0.05) is 34.9 Å². The Morgan fingerprint density at radius 1 is 1.00 bits per heavy atom. The molecule has 0 radical (unpaired) electrons. The summed E-state index contributed by atoms with van der Waals surface area (Å²) >= 11 is 1.58. The summed E-state index contributed by atoms with van der Waals surface area (Å²) in [5, 5.41) is 2.97. The van der Waals surface area contributed by atoms with Crippen molar-refractivity contribution in [2.45, 2.75) is 25.4 Å². The van der Waals surface area contributed by atoms with Gasteiger partial charge in [-0.05, 0) is 26.0 Å². The van der Waals surface area contributed by atoms with Crippen LogP contribution in [0.4, 0.5) is 5.69 Å². The lowest BCUT2D eigenvalue weighted by Crippen LogP contribution is -2.13. The van der Waals surface area contributed by atoms with E-state index in [9.17, 15) is 8.42 Å². The lowest BCUT2D eigenvalue weighted by atomic mass is 10.1. The van der Waals surface area contributed by atoms with Gasteiger partial charge in [0.1, 0.15) is 10.8 Å². The number of nitrogens with zero attached hydrogens (tertiary/aromatic N) is 3. The molecule has 6 nitrogen and oxygen atoms in total. The number of rotatable bonds is 6. The second-order valence-corrected chi connectivity index (χ2v) is 8.99. The highest BCUT2D eigenvalue weighted by Crippen LogP contribution is 2.29. The highest BCUT2D eigenvalue weighted by atomic mass is 32.2. The van der Waals surface area contributed by atoms with Gasteiger partial charge in [0.25, 0.3) is 10.0 Å². The first kappa shape index (κ1) is 19.4. The van der Waals surface area contributed by atoms with Crippen molar-refractivity contribution in [1.29, 1.82) is 0 Å². The minimum absolute atomic E-state index is 0.0212. The van der Waals surface area contributed by atoms with Gasteiger partial charge >= 0.3 is 0 Å². The van der Waals surface area contributed by atoms with E-state index in [1.807, 2.05) is 54.8 Å². The Labute approximate surface area is 174 Å². The molecule has 0 spiro atoms. The summed E-state index contributed by atoms with van der Waals surface area (Å²) in [7, 11) is -3.73. The van der Waals surface area contributed by atoms with Crippen LogP contribution in [0.1, 0.15) is 12.7 Å². The molecule has 0 saturated carbocycles. The average Bonchev–Trinajstić information content (AvgIpc) is 3.36. The Morgan fingerprint density at radius 3 is 2.38 bits per heavy atom. The zero-order chi connectivity index (χ0) is 20.4. The molecule has 1 N–H and O–H groups in total. The second-order valence-electron chi connectivity index (χ2n) is 6.50. The van der Waals surface area contributed by atoms with E-state index in [1.54, 1.807) is 41.2 Å². The minimum Gasteiger partial charge on any atom is -0.334 e. The molecule has 0 aliphatic carbocycles. The standard InChI is InChI=1S/C21H20N4O2S2/c1-3-25-13-20(22-15(25)2)29(26,27)24-18-11-9-16(10-12-18)19-14-28-21(23-19)17-7-5-4-6-8-17/h4-14,24H,3H2,1-2H3. The maximum Gasteiger partial charge on any atom is 0.280 e. The van der Waals surface area contributed by atoms with Crippen molar-refractivity contribution in [1.82, 2.24) is 14.5 Å². The third kappa shape index (κ3) is 4.08. The fourth-order valence-electron chi connectivity index (χ4n) is 2.96. The molecule has 0 aliphatic heterocycles. The van der Waals surface area contributed by atoms with Crippen LogP contribution >= 0.6 is 11.3 Å². The Hall–Kier alpha value is -2.97. The zero-order valence-corrected chi connectivity index (χ0v) is 17.7. The summed E-state index contributed by atoms with van der Waals surface area (Å²) < 4.78 is 29.6. The molecule has 0 saturated heterocycles. The van der Waals surface area contributed by atoms with Crippen LogP contribution in [0.15, 0.2) is 71.2 Å². The summed E-state index contributed by atoms with van der Waals surface area (Å²) in [6, 6.07) is 17.2. The molecular weight excluding hydrogens is 404 g/mol. The van der Waals surface area contributed by atoms with E-state index in [4.69, 9.17) is 4.98 Å². The van der Waals surface area contributed by atoms with Crippen molar-refractivity contribution in [3.8, 4) is 21.8 Å². The first-order chi connectivity index (χ1) is 14.0. The van der Waals surface area contributed by atoms with Crippen molar-refractivity contribution < 1.29 is 8.42 Å². The van der Waals surface area contributed by atoms with Crippen LogP contribution in [0.5, 0.6) is 0 Å². The molecular formula is C21H20N4O2S2. The van der Waals surface area contributed by atoms with Gasteiger partial charge in [-0.2, -0.15) is 8.42 Å². The Balaban J connectivity index is 1.53. The van der Waals surface area contributed by atoms with Crippen LogP contribution in [-0.4, -0.2) is 23.0 Å². The molecule has 0 atom stereocenters. The number of benzene rings is 2. The van der Waals surface area contributed by atoms with Crippen molar-refractivity contribution in [2.75, 3.05) is 4.72 Å². The van der Waals surface area contributed by atoms with Gasteiger partial charge < -0.3 is 4.57 Å². The molecule has 0 bridgehead atoms. The Bertz CT molecular complexity index is 1230. The molecule has 29 heavy (non-hydrogen) atoms. The average molecular weight is 425 g/mol. The fraction of sp³-hybridized carbons (Fsp3) is 0.143. The number of anilines is 1. The van der Waals surface area contributed by atoms with Crippen LogP contribution in [-0.2, 0) is 16.6 Å². The van der Waals surface area contributed by atoms with Crippen LogP contribution < -0.4 is 4.72 Å². The summed E-state index contributed by atoms with van der Waals surface area (Å²) in [4.78, 5) is 8.84. The molecule has 4 aromatic rings. The van der Waals surface area contributed by atoms with Crippen LogP contribution in [0, 0.1) is 6.92 Å². The van der Waals surface area contributed by atoms with E-state index in [2.05, 4.69) is 9.71 Å². The van der Waals surface area contributed by atoms with Gasteiger partial charge in [-0.15, -0.1) is 11.3 Å². The van der Waals surface area contributed by atoms with Crippen molar-refractivity contribution in [3.63, 3.8) is 0 Å². The van der Waals surface area contributed by atoms with Gasteiger partial charge in [-0.25, -0.2) is 9.97 Å². The molecule has 0 fully saturated rings. The smallest absolute Gasteiger partial charge is 0.280 e. The van der Waals surface area contributed by atoms with Crippen LogP contribution in [0.3, 0.4) is 0 Å². The maximum atomic E-state index is 12.6. The predicted molar refractivity (Wildman–Crippen MR) is 116 cm³/mol. The van der Waals surface area contributed by atoms with E-state index in [-0.39, 0.29) is 5.03 Å². The van der Waals surface area contributed by atoms with Gasteiger partial charge in [0.2, 0.25) is 0 Å². The van der Waals surface area contributed by atoms with E-state index >= 15 is 0 Å². The number of hydrogen-bond donors (Lipinski definition) is 1.